The molecule has 2 N–H and O–H groups in total. The Labute approximate surface area is 93.0 Å². The number of halogens is 3. The van der Waals surface area contributed by atoms with Gasteiger partial charge in [-0.15, -0.1) is 12.4 Å². The number of aromatic nitrogens is 1. The van der Waals surface area contributed by atoms with Gasteiger partial charge in [-0.05, 0) is 12.5 Å². The number of nitrogens with two attached hydrogens (primary N) is 1. The first kappa shape index (κ1) is 14.1. The second-order valence-corrected chi connectivity index (χ2v) is 2.72. The summed E-state index contributed by atoms with van der Waals surface area (Å²) in [6.45, 7) is 2.31. The maximum Gasteiger partial charge on any atom is 0.257 e. The summed E-state index contributed by atoms with van der Waals surface area (Å²) >= 11 is 0. The van der Waals surface area contributed by atoms with Gasteiger partial charge in [0.05, 0.1) is 12.6 Å². The van der Waals surface area contributed by atoms with E-state index < -0.39 is 12.5 Å². The van der Waals surface area contributed by atoms with Gasteiger partial charge in [-0.25, -0.2) is 13.8 Å². The summed E-state index contributed by atoms with van der Waals surface area (Å²) in [6, 6.07) is 1.74. The van der Waals surface area contributed by atoms with Gasteiger partial charge in [0.25, 0.3) is 6.43 Å². The van der Waals surface area contributed by atoms with Crippen LogP contribution in [-0.2, 0) is 0 Å². The Balaban J connectivity index is 0.00000196. The van der Waals surface area contributed by atoms with Gasteiger partial charge in [-0.2, -0.15) is 0 Å². The summed E-state index contributed by atoms with van der Waals surface area (Å²) in [5, 5.41) is 0. The van der Waals surface area contributed by atoms with Crippen LogP contribution in [0.1, 0.15) is 18.5 Å². The van der Waals surface area contributed by atoms with Crippen LogP contribution in [0.25, 0.3) is 0 Å². The highest BCUT2D eigenvalue weighted by Gasteiger charge is 2.17. The first-order valence-corrected chi connectivity index (χ1v) is 4.27. The van der Waals surface area contributed by atoms with Crippen LogP contribution in [0.2, 0.25) is 0 Å². The van der Waals surface area contributed by atoms with E-state index >= 15 is 0 Å². The molecule has 0 saturated heterocycles. The average Bonchev–Trinajstić information content (AvgIpc) is 2.18. The molecule has 1 atom stereocenters. The molecular weight excluding hydrogens is 226 g/mol. The van der Waals surface area contributed by atoms with Crippen molar-refractivity contribution in [2.24, 2.45) is 5.73 Å². The van der Waals surface area contributed by atoms with E-state index in [4.69, 9.17) is 10.5 Å². The highest BCUT2D eigenvalue weighted by molar-refractivity contribution is 5.85. The fraction of sp³-hybridized carbons (Fsp3) is 0.444. The van der Waals surface area contributed by atoms with Crippen molar-refractivity contribution < 1.29 is 13.5 Å². The van der Waals surface area contributed by atoms with Gasteiger partial charge >= 0.3 is 0 Å². The molecule has 0 spiro atoms. The molecule has 0 aliphatic carbocycles. The lowest BCUT2D eigenvalue weighted by Gasteiger charge is -2.10. The van der Waals surface area contributed by atoms with Gasteiger partial charge in [0.1, 0.15) is 0 Å². The Bertz CT molecular complexity index is 282. The molecule has 86 valence electrons. The molecule has 0 bridgehead atoms. The third-order valence-electron chi connectivity index (χ3n) is 1.71. The minimum absolute atomic E-state index is 0. The molecule has 1 aromatic rings. The van der Waals surface area contributed by atoms with Crippen molar-refractivity contribution >= 4 is 12.4 Å². The van der Waals surface area contributed by atoms with Crippen LogP contribution in [0.5, 0.6) is 5.88 Å². The zero-order chi connectivity index (χ0) is 10.6. The summed E-state index contributed by atoms with van der Waals surface area (Å²) in [5.41, 5.74) is 5.54. The number of hydrogen-bond acceptors (Lipinski definition) is 3. The van der Waals surface area contributed by atoms with Crippen molar-refractivity contribution in [3.05, 3.63) is 23.9 Å². The number of nitrogens with zero attached hydrogens (tertiary/aromatic N) is 1. The van der Waals surface area contributed by atoms with E-state index in [2.05, 4.69) is 4.98 Å². The molecule has 1 aromatic heterocycles. The Kier molecular flexibility index (Phi) is 6.12. The number of hydrogen-bond donors (Lipinski definition) is 1. The molecular formula is C9H13ClF2N2O. The Morgan fingerprint density at radius 2 is 2.13 bits per heavy atom. The molecule has 0 radical (unpaired) electrons. The highest BCUT2D eigenvalue weighted by Crippen LogP contribution is 2.18. The molecule has 3 nitrogen and oxygen atoms in total. The topological polar surface area (TPSA) is 48.1 Å². The zero-order valence-corrected chi connectivity index (χ0v) is 9.01. The lowest BCUT2D eigenvalue weighted by atomic mass is 10.1. The van der Waals surface area contributed by atoms with E-state index in [0.29, 0.717) is 18.1 Å². The van der Waals surface area contributed by atoms with Crippen LogP contribution in [-0.4, -0.2) is 18.0 Å². The number of pyridine rings is 1. The summed E-state index contributed by atoms with van der Waals surface area (Å²) in [6.07, 6.45) is -1.27. The van der Waals surface area contributed by atoms with Gasteiger partial charge in [0.15, 0.2) is 0 Å². The van der Waals surface area contributed by atoms with E-state index in [1.165, 1.54) is 18.3 Å². The summed E-state index contributed by atoms with van der Waals surface area (Å²) in [5.74, 6) is 0.415. The smallest absolute Gasteiger partial charge is 0.257 e. The van der Waals surface area contributed by atoms with Gasteiger partial charge in [0, 0.05) is 12.3 Å². The van der Waals surface area contributed by atoms with Gasteiger partial charge < -0.3 is 10.5 Å². The predicted octanol–water partition coefficient (Wildman–Crippen LogP) is 2.17. The second kappa shape index (κ2) is 6.53. The molecule has 0 unspecified atom stereocenters. The predicted molar refractivity (Wildman–Crippen MR) is 55.6 cm³/mol. The van der Waals surface area contributed by atoms with Crippen molar-refractivity contribution in [1.29, 1.82) is 0 Å². The summed E-state index contributed by atoms with van der Waals surface area (Å²) in [4.78, 5) is 3.84. The summed E-state index contributed by atoms with van der Waals surface area (Å²) < 4.78 is 29.4. The standard InChI is InChI=1S/C9H12F2N2O.ClH/c1-2-14-7-4-3-6(5-13-7)8(12)9(10)11;/h3-5,8-9H,2,12H2,1H3;1H/t8-;/m0./s1. The van der Waals surface area contributed by atoms with Crippen LogP contribution in [0.4, 0.5) is 8.78 Å². The third kappa shape index (κ3) is 3.97. The van der Waals surface area contributed by atoms with Crippen LogP contribution < -0.4 is 10.5 Å². The molecule has 0 aliphatic heterocycles. The maximum atomic E-state index is 12.2. The monoisotopic (exact) mass is 238 g/mol. The molecule has 6 heteroatoms. The van der Waals surface area contributed by atoms with Crippen molar-refractivity contribution in [2.75, 3.05) is 6.61 Å². The van der Waals surface area contributed by atoms with E-state index in [9.17, 15) is 8.78 Å². The number of alkyl halides is 2. The first-order chi connectivity index (χ1) is 6.65. The van der Waals surface area contributed by atoms with Gasteiger partial charge in [-0.3, -0.25) is 0 Å². The van der Waals surface area contributed by atoms with Crippen molar-refractivity contribution in [3.63, 3.8) is 0 Å². The third-order valence-corrected chi connectivity index (χ3v) is 1.71. The Morgan fingerprint density at radius 3 is 2.53 bits per heavy atom. The molecule has 1 rings (SSSR count). The quantitative estimate of drug-likeness (QED) is 0.875. The minimum Gasteiger partial charge on any atom is -0.478 e. The fourth-order valence-corrected chi connectivity index (χ4v) is 0.968. The van der Waals surface area contributed by atoms with Crippen LogP contribution in [0.15, 0.2) is 18.3 Å². The number of rotatable bonds is 4. The Morgan fingerprint density at radius 1 is 1.47 bits per heavy atom. The second-order valence-electron chi connectivity index (χ2n) is 2.72. The van der Waals surface area contributed by atoms with E-state index in [1.54, 1.807) is 0 Å². The van der Waals surface area contributed by atoms with Gasteiger partial charge in [0.2, 0.25) is 5.88 Å². The maximum absolute atomic E-state index is 12.2. The highest BCUT2D eigenvalue weighted by atomic mass is 35.5. The molecule has 15 heavy (non-hydrogen) atoms. The molecule has 0 fully saturated rings. The zero-order valence-electron chi connectivity index (χ0n) is 8.19. The first-order valence-electron chi connectivity index (χ1n) is 4.27. The van der Waals surface area contributed by atoms with Crippen LogP contribution in [0.3, 0.4) is 0 Å². The van der Waals surface area contributed by atoms with Crippen molar-refractivity contribution in [2.45, 2.75) is 19.4 Å². The molecule has 1 heterocycles. The fourth-order valence-electron chi connectivity index (χ4n) is 0.968. The Hall–Kier alpha value is -0.940. The van der Waals surface area contributed by atoms with Crippen LogP contribution >= 0.6 is 12.4 Å². The van der Waals surface area contributed by atoms with Crippen LogP contribution in [0, 0.1) is 0 Å². The molecule has 0 amide bonds. The van der Waals surface area contributed by atoms with Crippen molar-refractivity contribution in [1.82, 2.24) is 4.98 Å². The lowest BCUT2D eigenvalue weighted by Crippen LogP contribution is -2.19. The van der Waals surface area contributed by atoms with E-state index in [1.807, 2.05) is 6.92 Å². The van der Waals surface area contributed by atoms with Gasteiger partial charge in [-0.1, -0.05) is 6.07 Å². The van der Waals surface area contributed by atoms with E-state index in [0.717, 1.165) is 0 Å². The van der Waals surface area contributed by atoms with E-state index in [-0.39, 0.29) is 12.4 Å². The summed E-state index contributed by atoms with van der Waals surface area (Å²) in [7, 11) is 0. The number of ether oxygens (including phenoxy) is 1. The SMILES string of the molecule is CCOc1ccc([C@H](N)C(F)F)cn1.Cl. The molecule has 0 aromatic carbocycles. The van der Waals surface area contributed by atoms with Crippen molar-refractivity contribution in [3.8, 4) is 5.88 Å². The normalized spacial score (nSPS) is 12.1. The minimum atomic E-state index is -2.57. The molecule has 0 aliphatic rings. The largest absolute Gasteiger partial charge is 0.478 e. The molecule has 0 saturated carbocycles. The lowest BCUT2D eigenvalue weighted by molar-refractivity contribution is 0.116. The average molecular weight is 239 g/mol.